The van der Waals surface area contributed by atoms with E-state index in [2.05, 4.69) is 16.4 Å². The Labute approximate surface area is 132 Å². The summed E-state index contributed by atoms with van der Waals surface area (Å²) in [6.45, 7) is 7.19. The van der Waals surface area contributed by atoms with Crippen LogP contribution in [-0.2, 0) is 6.54 Å². The smallest absolute Gasteiger partial charge is 0.193 e. The number of aliphatic imine (C=N–C) groups is 1. The van der Waals surface area contributed by atoms with Gasteiger partial charge in [-0.25, -0.2) is 4.99 Å². The predicted octanol–water partition coefficient (Wildman–Crippen LogP) is 3.63. The summed E-state index contributed by atoms with van der Waals surface area (Å²) in [4.78, 5) is 4.39. The second kappa shape index (κ2) is 7.50. The van der Waals surface area contributed by atoms with Gasteiger partial charge in [0.1, 0.15) is 5.75 Å². The Hall–Kier alpha value is -2.49. The molecule has 0 spiro atoms. The first-order valence-electron chi connectivity index (χ1n) is 7.44. The number of hydrogen-bond acceptors (Lipinski definition) is 2. The fourth-order valence-electron chi connectivity index (χ4n) is 2.08. The van der Waals surface area contributed by atoms with Gasteiger partial charge in [0.25, 0.3) is 0 Å². The van der Waals surface area contributed by atoms with Gasteiger partial charge in [-0.2, -0.15) is 0 Å². The molecule has 0 aliphatic carbocycles. The highest BCUT2D eigenvalue weighted by molar-refractivity contribution is 5.92. The van der Waals surface area contributed by atoms with E-state index in [0.717, 1.165) is 17.0 Å². The molecule has 4 nitrogen and oxygen atoms in total. The van der Waals surface area contributed by atoms with E-state index in [1.54, 1.807) is 0 Å². The Morgan fingerprint density at radius 3 is 2.45 bits per heavy atom. The number of ether oxygens (including phenoxy) is 1. The Morgan fingerprint density at radius 2 is 1.77 bits per heavy atom. The molecule has 0 saturated carbocycles. The van der Waals surface area contributed by atoms with Crippen LogP contribution in [0.3, 0.4) is 0 Å². The second-order valence-corrected chi connectivity index (χ2v) is 5.24. The molecule has 0 amide bonds. The number of aryl methyl sites for hydroxylation is 2. The SMILES string of the molecule is CCOc1cc(C)ccc1CN=C(N)Nc1ccc(C)cc1. The van der Waals surface area contributed by atoms with Crippen LogP contribution in [0.15, 0.2) is 47.5 Å². The van der Waals surface area contributed by atoms with Crippen LogP contribution >= 0.6 is 0 Å². The molecule has 0 aliphatic heterocycles. The van der Waals surface area contributed by atoms with Crippen molar-refractivity contribution in [3.8, 4) is 5.75 Å². The number of nitrogens with zero attached hydrogens (tertiary/aromatic N) is 1. The van der Waals surface area contributed by atoms with E-state index >= 15 is 0 Å². The van der Waals surface area contributed by atoms with Gasteiger partial charge in [-0.15, -0.1) is 0 Å². The molecule has 116 valence electrons. The third-order valence-electron chi connectivity index (χ3n) is 3.27. The molecule has 0 aliphatic rings. The lowest BCUT2D eigenvalue weighted by atomic mass is 10.1. The van der Waals surface area contributed by atoms with Gasteiger partial charge in [0.2, 0.25) is 0 Å². The number of nitrogens with one attached hydrogen (secondary N) is 1. The Balaban J connectivity index is 2.05. The summed E-state index contributed by atoms with van der Waals surface area (Å²) in [5.41, 5.74) is 10.3. The van der Waals surface area contributed by atoms with E-state index in [9.17, 15) is 0 Å². The van der Waals surface area contributed by atoms with E-state index in [0.29, 0.717) is 19.1 Å². The minimum atomic E-state index is 0.395. The van der Waals surface area contributed by atoms with Gasteiger partial charge in [0.15, 0.2) is 5.96 Å². The number of rotatable bonds is 5. The first-order chi connectivity index (χ1) is 10.6. The van der Waals surface area contributed by atoms with Crippen molar-refractivity contribution in [1.29, 1.82) is 0 Å². The lowest BCUT2D eigenvalue weighted by molar-refractivity contribution is 0.336. The molecule has 2 aromatic rings. The van der Waals surface area contributed by atoms with Crippen LogP contribution in [-0.4, -0.2) is 12.6 Å². The lowest BCUT2D eigenvalue weighted by Crippen LogP contribution is -2.22. The quantitative estimate of drug-likeness (QED) is 0.654. The number of hydrogen-bond donors (Lipinski definition) is 2. The molecular formula is C18H23N3O. The van der Waals surface area contributed by atoms with Gasteiger partial charge in [-0.3, -0.25) is 0 Å². The molecule has 0 bridgehead atoms. The van der Waals surface area contributed by atoms with Crippen LogP contribution < -0.4 is 15.8 Å². The molecule has 0 saturated heterocycles. The van der Waals surface area contributed by atoms with Gasteiger partial charge in [-0.1, -0.05) is 29.8 Å². The highest BCUT2D eigenvalue weighted by Crippen LogP contribution is 2.21. The summed E-state index contributed by atoms with van der Waals surface area (Å²) in [5, 5.41) is 3.09. The lowest BCUT2D eigenvalue weighted by Gasteiger charge is -2.10. The summed E-state index contributed by atoms with van der Waals surface area (Å²) in [6, 6.07) is 14.1. The van der Waals surface area contributed by atoms with Crippen molar-refractivity contribution in [3.05, 3.63) is 59.2 Å². The molecule has 2 rings (SSSR count). The standard InChI is InChI=1S/C18H23N3O/c1-4-22-17-11-14(3)5-8-15(17)12-20-18(19)21-16-9-6-13(2)7-10-16/h5-11H,4,12H2,1-3H3,(H3,19,20,21). The summed E-state index contributed by atoms with van der Waals surface area (Å²) in [5.74, 6) is 1.27. The van der Waals surface area contributed by atoms with Gasteiger partial charge in [0, 0.05) is 11.3 Å². The molecule has 0 fully saturated rings. The molecular weight excluding hydrogens is 274 g/mol. The van der Waals surface area contributed by atoms with E-state index in [4.69, 9.17) is 10.5 Å². The molecule has 0 unspecified atom stereocenters. The van der Waals surface area contributed by atoms with Crippen LogP contribution in [0.25, 0.3) is 0 Å². The largest absolute Gasteiger partial charge is 0.494 e. The number of nitrogens with two attached hydrogens (primary N) is 1. The third-order valence-corrected chi connectivity index (χ3v) is 3.27. The van der Waals surface area contributed by atoms with Crippen LogP contribution in [0, 0.1) is 13.8 Å². The van der Waals surface area contributed by atoms with Crippen LogP contribution in [0.5, 0.6) is 5.75 Å². The molecule has 0 heterocycles. The Bertz CT molecular complexity index is 648. The Morgan fingerprint density at radius 1 is 1.09 bits per heavy atom. The van der Waals surface area contributed by atoms with Gasteiger partial charge >= 0.3 is 0 Å². The maximum absolute atomic E-state index is 5.94. The second-order valence-electron chi connectivity index (χ2n) is 5.24. The number of benzene rings is 2. The van der Waals surface area contributed by atoms with Crippen molar-refractivity contribution in [2.75, 3.05) is 11.9 Å². The maximum atomic E-state index is 5.94. The third kappa shape index (κ3) is 4.52. The maximum Gasteiger partial charge on any atom is 0.193 e. The van der Waals surface area contributed by atoms with E-state index in [-0.39, 0.29) is 0 Å². The van der Waals surface area contributed by atoms with E-state index < -0.39 is 0 Å². The zero-order chi connectivity index (χ0) is 15.9. The first-order valence-corrected chi connectivity index (χ1v) is 7.44. The molecule has 0 radical (unpaired) electrons. The molecule has 4 heteroatoms. The fourth-order valence-corrected chi connectivity index (χ4v) is 2.08. The van der Waals surface area contributed by atoms with Crippen LogP contribution in [0.2, 0.25) is 0 Å². The average Bonchev–Trinajstić information content (AvgIpc) is 2.49. The fraction of sp³-hybridized carbons (Fsp3) is 0.278. The van der Waals surface area contributed by atoms with E-state index in [1.807, 2.05) is 57.2 Å². The minimum absolute atomic E-state index is 0.395. The highest BCUT2D eigenvalue weighted by Gasteiger charge is 2.03. The zero-order valence-electron chi connectivity index (χ0n) is 13.4. The molecule has 0 aromatic heterocycles. The molecule has 0 atom stereocenters. The highest BCUT2D eigenvalue weighted by atomic mass is 16.5. The van der Waals surface area contributed by atoms with Crippen LogP contribution in [0.1, 0.15) is 23.6 Å². The van der Waals surface area contributed by atoms with Crippen LogP contribution in [0.4, 0.5) is 5.69 Å². The van der Waals surface area contributed by atoms with Crippen molar-refractivity contribution in [3.63, 3.8) is 0 Å². The number of anilines is 1. The summed E-state index contributed by atoms with van der Waals surface area (Å²) >= 11 is 0. The normalized spacial score (nSPS) is 11.3. The summed E-state index contributed by atoms with van der Waals surface area (Å²) in [6.07, 6.45) is 0. The number of guanidine groups is 1. The molecule has 22 heavy (non-hydrogen) atoms. The molecule has 2 aromatic carbocycles. The predicted molar refractivity (Wildman–Crippen MR) is 92.5 cm³/mol. The minimum Gasteiger partial charge on any atom is -0.494 e. The summed E-state index contributed by atoms with van der Waals surface area (Å²) in [7, 11) is 0. The van der Waals surface area contributed by atoms with Crippen molar-refractivity contribution >= 4 is 11.6 Å². The monoisotopic (exact) mass is 297 g/mol. The van der Waals surface area contributed by atoms with E-state index in [1.165, 1.54) is 11.1 Å². The summed E-state index contributed by atoms with van der Waals surface area (Å²) < 4.78 is 5.65. The topological polar surface area (TPSA) is 59.6 Å². The molecule has 3 N–H and O–H groups in total. The zero-order valence-corrected chi connectivity index (χ0v) is 13.4. The van der Waals surface area contributed by atoms with Crippen molar-refractivity contribution in [2.24, 2.45) is 10.7 Å². The first kappa shape index (κ1) is 15.9. The van der Waals surface area contributed by atoms with Crippen molar-refractivity contribution in [1.82, 2.24) is 0 Å². The van der Waals surface area contributed by atoms with Crippen molar-refractivity contribution < 1.29 is 4.74 Å². The van der Waals surface area contributed by atoms with Gasteiger partial charge < -0.3 is 15.8 Å². The Kier molecular flexibility index (Phi) is 5.42. The van der Waals surface area contributed by atoms with Gasteiger partial charge in [-0.05, 0) is 44.5 Å². The van der Waals surface area contributed by atoms with Crippen molar-refractivity contribution in [2.45, 2.75) is 27.3 Å². The average molecular weight is 297 g/mol. The van der Waals surface area contributed by atoms with Gasteiger partial charge in [0.05, 0.1) is 13.2 Å².